The van der Waals surface area contributed by atoms with E-state index >= 15 is 0 Å². The third-order valence-electron chi connectivity index (χ3n) is 2.31. The summed E-state index contributed by atoms with van der Waals surface area (Å²) in [7, 11) is 1.62. The van der Waals surface area contributed by atoms with Crippen molar-refractivity contribution in [2.24, 2.45) is 0 Å². The van der Waals surface area contributed by atoms with Crippen molar-refractivity contribution < 1.29 is 14.6 Å². The number of hydrogen-bond acceptors (Lipinski definition) is 3. The lowest BCUT2D eigenvalue weighted by Crippen LogP contribution is -2.31. The van der Waals surface area contributed by atoms with Crippen LogP contribution in [0.5, 0.6) is 0 Å². The van der Waals surface area contributed by atoms with Crippen molar-refractivity contribution in [1.29, 1.82) is 0 Å². The molecular formula is C12H16N2O3S. The molecule has 0 atom stereocenters. The van der Waals surface area contributed by atoms with Gasteiger partial charge in [0, 0.05) is 19.3 Å². The Morgan fingerprint density at radius 2 is 2.22 bits per heavy atom. The number of thiocarbonyl (C=S) groups is 1. The third-order valence-corrected chi connectivity index (χ3v) is 2.56. The number of benzene rings is 1. The van der Waals surface area contributed by atoms with Gasteiger partial charge in [0.2, 0.25) is 0 Å². The summed E-state index contributed by atoms with van der Waals surface area (Å²) in [6, 6.07) is 4.83. The van der Waals surface area contributed by atoms with Gasteiger partial charge in [-0.25, -0.2) is 4.79 Å². The summed E-state index contributed by atoms with van der Waals surface area (Å²) in [6.45, 7) is 3.01. The number of nitrogens with one attached hydrogen (secondary N) is 2. The molecule has 0 saturated carbocycles. The number of carbonyl (C=O) groups is 1. The van der Waals surface area contributed by atoms with Crippen LogP contribution in [-0.2, 0) is 4.74 Å². The molecule has 0 unspecified atom stereocenters. The van der Waals surface area contributed by atoms with Gasteiger partial charge in [-0.2, -0.15) is 0 Å². The van der Waals surface area contributed by atoms with Gasteiger partial charge in [0.05, 0.1) is 12.2 Å². The zero-order valence-corrected chi connectivity index (χ0v) is 11.1. The molecule has 0 fully saturated rings. The highest BCUT2D eigenvalue weighted by Gasteiger charge is 2.06. The van der Waals surface area contributed by atoms with E-state index in [1.807, 2.05) is 6.92 Å². The van der Waals surface area contributed by atoms with Crippen LogP contribution < -0.4 is 10.6 Å². The van der Waals surface area contributed by atoms with Gasteiger partial charge < -0.3 is 20.5 Å². The van der Waals surface area contributed by atoms with Crippen LogP contribution in [0.3, 0.4) is 0 Å². The Labute approximate surface area is 111 Å². The fourth-order valence-electron chi connectivity index (χ4n) is 1.37. The van der Waals surface area contributed by atoms with E-state index in [4.69, 9.17) is 22.1 Å². The minimum atomic E-state index is -0.939. The smallest absolute Gasteiger partial charge is 0.335 e. The zero-order valence-electron chi connectivity index (χ0n) is 10.3. The van der Waals surface area contributed by atoms with Crippen molar-refractivity contribution in [3.05, 3.63) is 29.3 Å². The number of rotatable bonds is 5. The third kappa shape index (κ3) is 4.31. The van der Waals surface area contributed by atoms with Gasteiger partial charge in [-0.3, -0.25) is 0 Å². The Morgan fingerprint density at radius 3 is 2.78 bits per heavy atom. The molecule has 0 bridgehead atoms. The fraction of sp³-hybridized carbons (Fsp3) is 0.333. The number of carboxylic acids is 1. The molecule has 98 valence electrons. The first kappa shape index (κ1) is 14.4. The molecule has 1 aromatic carbocycles. The van der Waals surface area contributed by atoms with Gasteiger partial charge in [0.25, 0.3) is 0 Å². The molecular weight excluding hydrogens is 252 g/mol. The summed E-state index contributed by atoms with van der Waals surface area (Å²) in [4.78, 5) is 10.8. The first-order valence-corrected chi connectivity index (χ1v) is 5.83. The van der Waals surface area contributed by atoms with Crippen molar-refractivity contribution in [3.8, 4) is 0 Å². The molecule has 6 heteroatoms. The van der Waals surface area contributed by atoms with Crippen LogP contribution in [0, 0.1) is 6.92 Å². The summed E-state index contributed by atoms with van der Waals surface area (Å²) >= 11 is 5.10. The maximum Gasteiger partial charge on any atom is 0.335 e. The second-order valence-electron chi connectivity index (χ2n) is 3.71. The fourth-order valence-corrected chi connectivity index (χ4v) is 1.58. The summed E-state index contributed by atoms with van der Waals surface area (Å²) in [6.07, 6.45) is 0. The van der Waals surface area contributed by atoms with Crippen LogP contribution in [0.4, 0.5) is 5.69 Å². The molecule has 0 heterocycles. The van der Waals surface area contributed by atoms with E-state index in [0.717, 1.165) is 11.3 Å². The maximum atomic E-state index is 10.8. The second-order valence-corrected chi connectivity index (χ2v) is 4.12. The Morgan fingerprint density at radius 1 is 1.50 bits per heavy atom. The van der Waals surface area contributed by atoms with Gasteiger partial charge in [-0.15, -0.1) is 0 Å². The molecule has 0 saturated heterocycles. The quantitative estimate of drug-likeness (QED) is 0.557. The molecule has 5 nitrogen and oxygen atoms in total. The van der Waals surface area contributed by atoms with Gasteiger partial charge in [0.1, 0.15) is 0 Å². The van der Waals surface area contributed by atoms with E-state index in [2.05, 4.69) is 10.6 Å². The molecule has 0 aliphatic heterocycles. The van der Waals surface area contributed by atoms with E-state index in [-0.39, 0.29) is 5.56 Å². The Kier molecular flexibility index (Phi) is 5.54. The van der Waals surface area contributed by atoms with Crippen molar-refractivity contribution >= 4 is 29.0 Å². The zero-order chi connectivity index (χ0) is 13.5. The molecule has 0 radical (unpaired) electrons. The van der Waals surface area contributed by atoms with Crippen LogP contribution in [0.25, 0.3) is 0 Å². The van der Waals surface area contributed by atoms with E-state index in [0.29, 0.717) is 18.3 Å². The van der Waals surface area contributed by atoms with E-state index in [9.17, 15) is 4.79 Å². The van der Waals surface area contributed by atoms with Gasteiger partial charge in [-0.05, 0) is 42.9 Å². The SMILES string of the molecule is COCCNC(=S)Nc1ccc(C(=O)O)cc1C. The molecule has 0 spiro atoms. The van der Waals surface area contributed by atoms with Gasteiger partial charge in [0.15, 0.2) is 5.11 Å². The van der Waals surface area contributed by atoms with E-state index in [1.54, 1.807) is 19.2 Å². The molecule has 0 aromatic heterocycles. The Hall–Kier alpha value is -1.66. The Bertz CT molecular complexity index is 449. The molecule has 1 rings (SSSR count). The summed E-state index contributed by atoms with van der Waals surface area (Å²) < 4.78 is 4.89. The van der Waals surface area contributed by atoms with Crippen molar-refractivity contribution in [2.45, 2.75) is 6.92 Å². The van der Waals surface area contributed by atoms with Gasteiger partial charge in [-0.1, -0.05) is 0 Å². The minimum absolute atomic E-state index is 0.260. The van der Waals surface area contributed by atoms with Crippen LogP contribution >= 0.6 is 12.2 Å². The normalized spacial score (nSPS) is 9.89. The number of carboxylic acid groups (broad SMARTS) is 1. The molecule has 3 N–H and O–H groups in total. The lowest BCUT2D eigenvalue weighted by molar-refractivity contribution is 0.0697. The number of hydrogen-bond donors (Lipinski definition) is 3. The van der Waals surface area contributed by atoms with Gasteiger partial charge >= 0.3 is 5.97 Å². The highest BCUT2D eigenvalue weighted by molar-refractivity contribution is 7.80. The summed E-state index contributed by atoms with van der Waals surface area (Å²) in [5.41, 5.74) is 1.87. The highest BCUT2D eigenvalue weighted by atomic mass is 32.1. The predicted octanol–water partition coefficient (Wildman–Crippen LogP) is 1.63. The van der Waals surface area contributed by atoms with Crippen molar-refractivity contribution in [3.63, 3.8) is 0 Å². The summed E-state index contributed by atoms with van der Waals surface area (Å²) in [5.74, 6) is -0.939. The predicted molar refractivity (Wildman–Crippen MR) is 74.2 cm³/mol. The van der Waals surface area contributed by atoms with Crippen molar-refractivity contribution in [2.75, 3.05) is 25.6 Å². The number of anilines is 1. The first-order chi connectivity index (χ1) is 8.54. The van der Waals surface area contributed by atoms with E-state index in [1.165, 1.54) is 6.07 Å². The summed E-state index contributed by atoms with van der Waals surface area (Å²) in [5, 5.41) is 15.3. The molecule has 0 aliphatic rings. The van der Waals surface area contributed by atoms with Crippen LogP contribution in [0.1, 0.15) is 15.9 Å². The Balaban J connectivity index is 2.62. The second kappa shape index (κ2) is 6.93. The standard InChI is InChI=1S/C12H16N2O3S/c1-8-7-9(11(15)16)3-4-10(8)14-12(18)13-5-6-17-2/h3-4,7H,5-6H2,1-2H3,(H,15,16)(H2,13,14,18). The number of methoxy groups -OCH3 is 1. The average molecular weight is 268 g/mol. The van der Waals surface area contributed by atoms with Crippen LogP contribution in [0.2, 0.25) is 0 Å². The minimum Gasteiger partial charge on any atom is -0.478 e. The molecule has 18 heavy (non-hydrogen) atoms. The molecule has 0 aliphatic carbocycles. The number of aryl methyl sites for hydroxylation is 1. The molecule has 0 amide bonds. The van der Waals surface area contributed by atoms with E-state index < -0.39 is 5.97 Å². The van der Waals surface area contributed by atoms with Crippen LogP contribution in [-0.4, -0.2) is 36.4 Å². The lowest BCUT2D eigenvalue weighted by atomic mass is 10.1. The molecule has 1 aromatic rings. The maximum absolute atomic E-state index is 10.8. The highest BCUT2D eigenvalue weighted by Crippen LogP contribution is 2.16. The number of ether oxygens (including phenoxy) is 1. The first-order valence-electron chi connectivity index (χ1n) is 5.42. The lowest BCUT2D eigenvalue weighted by Gasteiger charge is -2.12. The van der Waals surface area contributed by atoms with Crippen molar-refractivity contribution in [1.82, 2.24) is 5.32 Å². The monoisotopic (exact) mass is 268 g/mol. The largest absolute Gasteiger partial charge is 0.478 e. The topological polar surface area (TPSA) is 70.6 Å². The number of aromatic carboxylic acids is 1. The van der Waals surface area contributed by atoms with Crippen LogP contribution in [0.15, 0.2) is 18.2 Å². The average Bonchev–Trinajstić information content (AvgIpc) is 2.32.